The van der Waals surface area contributed by atoms with Crippen LogP contribution in [0.5, 0.6) is 0 Å². The standard InChI is InChI=1S/C13H16ClNO3/c1-8-4-5-10(13(17)18-3)6-11(8)15-12(16)9(2)7-14/h4-6,9H,7H2,1-3H3,(H,15,16). The van der Waals surface area contributed by atoms with E-state index in [0.29, 0.717) is 11.3 Å². The van der Waals surface area contributed by atoms with Crippen molar-refractivity contribution in [2.24, 2.45) is 5.92 Å². The number of amides is 1. The third-order valence-corrected chi connectivity index (χ3v) is 3.06. The second kappa shape index (κ2) is 6.40. The lowest BCUT2D eigenvalue weighted by Crippen LogP contribution is -2.22. The Morgan fingerprint density at radius 1 is 1.44 bits per heavy atom. The van der Waals surface area contributed by atoms with E-state index in [-0.39, 0.29) is 17.7 Å². The number of rotatable bonds is 4. The van der Waals surface area contributed by atoms with Gasteiger partial charge in [-0.15, -0.1) is 11.6 Å². The summed E-state index contributed by atoms with van der Waals surface area (Å²) in [5, 5.41) is 2.75. The molecule has 0 heterocycles. The number of nitrogens with one attached hydrogen (secondary N) is 1. The molecular weight excluding hydrogens is 254 g/mol. The Kier molecular flexibility index (Phi) is 5.16. The quantitative estimate of drug-likeness (QED) is 0.675. The van der Waals surface area contributed by atoms with Gasteiger partial charge >= 0.3 is 5.97 Å². The lowest BCUT2D eigenvalue weighted by molar-refractivity contribution is -0.118. The van der Waals surface area contributed by atoms with Gasteiger partial charge in [-0.1, -0.05) is 13.0 Å². The molecule has 98 valence electrons. The van der Waals surface area contributed by atoms with E-state index in [4.69, 9.17) is 11.6 Å². The average Bonchev–Trinajstić information content (AvgIpc) is 2.39. The van der Waals surface area contributed by atoms with Gasteiger partial charge in [-0.25, -0.2) is 4.79 Å². The highest BCUT2D eigenvalue weighted by Gasteiger charge is 2.14. The molecule has 0 spiro atoms. The van der Waals surface area contributed by atoms with Crippen LogP contribution in [0.15, 0.2) is 18.2 Å². The van der Waals surface area contributed by atoms with Gasteiger partial charge in [0, 0.05) is 17.5 Å². The maximum atomic E-state index is 11.7. The van der Waals surface area contributed by atoms with Crippen LogP contribution in [0, 0.1) is 12.8 Å². The van der Waals surface area contributed by atoms with Crippen molar-refractivity contribution < 1.29 is 14.3 Å². The molecule has 1 atom stereocenters. The molecule has 5 heteroatoms. The molecule has 1 unspecified atom stereocenters. The molecule has 0 bridgehead atoms. The number of aryl methyl sites for hydroxylation is 1. The number of esters is 1. The van der Waals surface area contributed by atoms with Crippen molar-refractivity contribution in [1.82, 2.24) is 0 Å². The van der Waals surface area contributed by atoms with Crippen molar-refractivity contribution in [3.8, 4) is 0 Å². The third kappa shape index (κ3) is 3.47. The van der Waals surface area contributed by atoms with Gasteiger partial charge in [0.2, 0.25) is 5.91 Å². The maximum Gasteiger partial charge on any atom is 0.337 e. The number of methoxy groups -OCH3 is 1. The fraction of sp³-hybridized carbons (Fsp3) is 0.385. The molecule has 0 fully saturated rings. The number of carbonyl (C=O) groups is 2. The van der Waals surface area contributed by atoms with E-state index in [1.165, 1.54) is 7.11 Å². The molecule has 1 aromatic carbocycles. The number of benzene rings is 1. The fourth-order valence-corrected chi connectivity index (χ4v) is 1.47. The Morgan fingerprint density at radius 2 is 2.11 bits per heavy atom. The smallest absolute Gasteiger partial charge is 0.337 e. The molecule has 1 N–H and O–H groups in total. The van der Waals surface area contributed by atoms with Crippen LogP contribution >= 0.6 is 11.6 Å². The molecule has 0 aliphatic rings. The molecule has 18 heavy (non-hydrogen) atoms. The number of hydrogen-bond donors (Lipinski definition) is 1. The van der Waals surface area contributed by atoms with E-state index < -0.39 is 5.97 Å². The van der Waals surface area contributed by atoms with Crippen molar-refractivity contribution in [3.63, 3.8) is 0 Å². The predicted molar refractivity (Wildman–Crippen MR) is 71.0 cm³/mol. The molecule has 0 saturated carbocycles. The molecule has 0 saturated heterocycles. The van der Waals surface area contributed by atoms with Crippen LogP contribution in [0.25, 0.3) is 0 Å². The van der Waals surface area contributed by atoms with Gasteiger partial charge in [0.25, 0.3) is 0 Å². The molecule has 0 aromatic heterocycles. The zero-order valence-corrected chi connectivity index (χ0v) is 11.4. The van der Waals surface area contributed by atoms with Crippen LogP contribution in [0.3, 0.4) is 0 Å². The van der Waals surface area contributed by atoms with Crippen LogP contribution in [-0.2, 0) is 9.53 Å². The number of halogens is 1. The Hall–Kier alpha value is -1.55. The van der Waals surface area contributed by atoms with Gasteiger partial charge in [-0.05, 0) is 24.6 Å². The highest BCUT2D eigenvalue weighted by molar-refractivity contribution is 6.19. The first-order chi connectivity index (χ1) is 8.49. The summed E-state index contributed by atoms with van der Waals surface area (Å²) in [6, 6.07) is 5.01. The highest BCUT2D eigenvalue weighted by atomic mass is 35.5. The van der Waals surface area contributed by atoms with Crippen molar-refractivity contribution in [2.75, 3.05) is 18.3 Å². The molecule has 1 aromatic rings. The van der Waals surface area contributed by atoms with Gasteiger partial charge < -0.3 is 10.1 Å². The van der Waals surface area contributed by atoms with Crippen molar-refractivity contribution in [2.45, 2.75) is 13.8 Å². The Morgan fingerprint density at radius 3 is 2.67 bits per heavy atom. The summed E-state index contributed by atoms with van der Waals surface area (Å²) in [6.45, 7) is 3.59. The minimum Gasteiger partial charge on any atom is -0.465 e. The van der Waals surface area contributed by atoms with Crippen LogP contribution in [0.4, 0.5) is 5.69 Å². The number of ether oxygens (including phenoxy) is 1. The first-order valence-corrected chi connectivity index (χ1v) is 6.08. The van der Waals surface area contributed by atoms with Crippen LogP contribution in [-0.4, -0.2) is 24.9 Å². The van der Waals surface area contributed by atoms with E-state index in [9.17, 15) is 9.59 Å². The number of anilines is 1. The molecule has 1 rings (SSSR count). The van der Waals surface area contributed by atoms with Gasteiger partial charge in [-0.3, -0.25) is 4.79 Å². The lowest BCUT2D eigenvalue weighted by Gasteiger charge is -2.12. The summed E-state index contributed by atoms with van der Waals surface area (Å²) in [5.41, 5.74) is 1.87. The largest absolute Gasteiger partial charge is 0.465 e. The zero-order valence-electron chi connectivity index (χ0n) is 10.6. The van der Waals surface area contributed by atoms with Crippen LogP contribution in [0.2, 0.25) is 0 Å². The highest BCUT2D eigenvalue weighted by Crippen LogP contribution is 2.18. The lowest BCUT2D eigenvalue weighted by atomic mass is 10.1. The van der Waals surface area contributed by atoms with E-state index >= 15 is 0 Å². The molecule has 4 nitrogen and oxygen atoms in total. The van der Waals surface area contributed by atoms with E-state index in [1.54, 1.807) is 25.1 Å². The second-order valence-corrected chi connectivity index (χ2v) is 4.37. The number of alkyl halides is 1. The summed E-state index contributed by atoms with van der Waals surface area (Å²) in [5.74, 6) is -0.638. The Labute approximate surface area is 111 Å². The summed E-state index contributed by atoms with van der Waals surface area (Å²) < 4.78 is 4.63. The topological polar surface area (TPSA) is 55.4 Å². The summed E-state index contributed by atoms with van der Waals surface area (Å²) in [6.07, 6.45) is 0. The van der Waals surface area contributed by atoms with Crippen molar-refractivity contribution in [3.05, 3.63) is 29.3 Å². The van der Waals surface area contributed by atoms with Gasteiger partial charge in [0.15, 0.2) is 0 Å². The summed E-state index contributed by atoms with van der Waals surface area (Å²) >= 11 is 5.62. The van der Waals surface area contributed by atoms with Gasteiger partial charge in [-0.2, -0.15) is 0 Å². The molecule has 0 radical (unpaired) electrons. The first-order valence-electron chi connectivity index (χ1n) is 5.55. The maximum absolute atomic E-state index is 11.7. The Bertz CT molecular complexity index is 460. The molecular formula is C13H16ClNO3. The minimum absolute atomic E-state index is 0.171. The third-order valence-electron chi connectivity index (χ3n) is 2.60. The normalized spacial score (nSPS) is 11.8. The summed E-state index contributed by atoms with van der Waals surface area (Å²) in [7, 11) is 1.32. The Balaban J connectivity index is 2.94. The number of hydrogen-bond acceptors (Lipinski definition) is 3. The SMILES string of the molecule is COC(=O)c1ccc(C)c(NC(=O)C(C)CCl)c1. The van der Waals surface area contributed by atoms with Crippen LogP contribution in [0.1, 0.15) is 22.8 Å². The van der Waals surface area contributed by atoms with Gasteiger partial charge in [0.1, 0.15) is 0 Å². The van der Waals surface area contributed by atoms with Crippen molar-refractivity contribution >= 4 is 29.2 Å². The fourth-order valence-electron chi connectivity index (χ4n) is 1.33. The average molecular weight is 270 g/mol. The van der Waals surface area contributed by atoms with Gasteiger partial charge in [0.05, 0.1) is 12.7 Å². The molecule has 0 aliphatic heterocycles. The van der Waals surface area contributed by atoms with E-state index in [1.807, 2.05) is 6.92 Å². The summed E-state index contributed by atoms with van der Waals surface area (Å²) in [4.78, 5) is 23.1. The van der Waals surface area contributed by atoms with Crippen molar-refractivity contribution in [1.29, 1.82) is 0 Å². The number of carbonyl (C=O) groups excluding carboxylic acids is 2. The van der Waals surface area contributed by atoms with E-state index in [2.05, 4.69) is 10.1 Å². The minimum atomic E-state index is -0.434. The van der Waals surface area contributed by atoms with Crippen LogP contribution < -0.4 is 5.32 Å². The predicted octanol–water partition coefficient (Wildman–Crippen LogP) is 2.60. The second-order valence-electron chi connectivity index (χ2n) is 4.07. The molecule has 1 amide bonds. The zero-order chi connectivity index (χ0) is 13.7. The first kappa shape index (κ1) is 14.5. The van der Waals surface area contributed by atoms with E-state index in [0.717, 1.165) is 5.56 Å². The monoisotopic (exact) mass is 269 g/mol. The molecule has 0 aliphatic carbocycles.